The van der Waals surface area contributed by atoms with E-state index in [0.29, 0.717) is 31.9 Å². The lowest BCUT2D eigenvalue weighted by Crippen LogP contribution is -2.44. The second-order valence-corrected chi connectivity index (χ2v) is 6.19. The van der Waals surface area contributed by atoms with E-state index >= 15 is 0 Å². The van der Waals surface area contributed by atoms with E-state index in [1.54, 1.807) is 23.1 Å². The number of rotatable bonds is 4. The summed E-state index contributed by atoms with van der Waals surface area (Å²) in [6, 6.07) is 16.7. The average molecular weight is 350 g/mol. The minimum atomic E-state index is -0.297. The number of ether oxygens (including phenoxy) is 1. The van der Waals surface area contributed by atoms with E-state index in [9.17, 15) is 9.59 Å². The number of morpholine rings is 1. The van der Waals surface area contributed by atoms with Gasteiger partial charge in [-0.1, -0.05) is 48.0 Å². The summed E-state index contributed by atoms with van der Waals surface area (Å²) in [6.45, 7) is 4.02. The molecular formula is C21H22N2O3. The maximum Gasteiger partial charge on any atom is 0.270 e. The highest BCUT2D eigenvalue weighted by Gasteiger charge is 2.22. The predicted octanol–water partition coefficient (Wildman–Crippen LogP) is 2.62. The normalized spacial score (nSPS) is 14.8. The first-order valence-electron chi connectivity index (χ1n) is 8.65. The van der Waals surface area contributed by atoms with Crippen LogP contribution in [0.4, 0.5) is 0 Å². The molecule has 0 spiro atoms. The van der Waals surface area contributed by atoms with Crippen molar-refractivity contribution in [3.8, 4) is 0 Å². The molecule has 2 amide bonds. The van der Waals surface area contributed by atoms with Gasteiger partial charge in [0.05, 0.1) is 13.2 Å². The second-order valence-electron chi connectivity index (χ2n) is 6.19. The molecule has 0 bridgehead atoms. The summed E-state index contributed by atoms with van der Waals surface area (Å²) in [6.07, 6.45) is 1.71. The summed E-state index contributed by atoms with van der Waals surface area (Å²) in [5.41, 5.74) is 2.72. The molecule has 0 unspecified atom stereocenters. The lowest BCUT2D eigenvalue weighted by atomic mass is 10.1. The van der Waals surface area contributed by atoms with Crippen molar-refractivity contribution < 1.29 is 14.3 Å². The molecule has 1 heterocycles. The van der Waals surface area contributed by atoms with Crippen molar-refractivity contribution in [3.63, 3.8) is 0 Å². The average Bonchev–Trinajstić information content (AvgIpc) is 2.69. The van der Waals surface area contributed by atoms with Crippen molar-refractivity contribution in [1.29, 1.82) is 0 Å². The SMILES string of the molecule is Cc1ccc(C(=O)NC(=Cc2ccccc2)C(=O)N2CCOCC2)cc1. The smallest absolute Gasteiger partial charge is 0.270 e. The fraction of sp³-hybridized carbons (Fsp3) is 0.238. The number of nitrogens with one attached hydrogen (secondary N) is 1. The topological polar surface area (TPSA) is 58.6 Å². The number of carbonyl (C=O) groups excluding carboxylic acids is 2. The number of benzene rings is 2. The number of aryl methyl sites for hydroxylation is 1. The number of amides is 2. The van der Waals surface area contributed by atoms with Crippen LogP contribution in [0.2, 0.25) is 0 Å². The molecule has 1 fully saturated rings. The molecule has 0 saturated carbocycles. The molecule has 1 aliphatic heterocycles. The minimum absolute atomic E-state index is 0.197. The van der Waals surface area contributed by atoms with Crippen LogP contribution >= 0.6 is 0 Å². The van der Waals surface area contributed by atoms with Crippen LogP contribution in [0.25, 0.3) is 6.08 Å². The summed E-state index contributed by atoms with van der Waals surface area (Å²) < 4.78 is 5.31. The summed E-state index contributed by atoms with van der Waals surface area (Å²) in [7, 11) is 0. The molecular weight excluding hydrogens is 328 g/mol. The zero-order valence-electron chi connectivity index (χ0n) is 14.8. The monoisotopic (exact) mass is 350 g/mol. The van der Waals surface area contributed by atoms with Gasteiger partial charge in [-0.3, -0.25) is 9.59 Å². The first-order chi connectivity index (χ1) is 12.6. The molecule has 2 aromatic rings. The summed E-state index contributed by atoms with van der Waals surface area (Å²) in [5, 5.41) is 2.79. The Balaban J connectivity index is 1.84. The van der Waals surface area contributed by atoms with Crippen LogP contribution in [0.3, 0.4) is 0 Å². The molecule has 5 nitrogen and oxygen atoms in total. The fourth-order valence-corrected chi connectivity index (χ4v) is 2.70. The summed E-state index contributed by atoms with van der Waals surface area (Å²) in [5.74, 6) is -0.494. The zero-order chi connectivity index (χ0) is 18.4. The first-order valence-corrected chi connectivity index (χ1v) is 8.65. The number of hydrogen-bond acceptors (Lipinski definition) is 3. The van der Waals surface area contributed by atoms with Crippen molar-refractivity contribution in [2.75, 3.05) is 26.3 Å². The standard InChI is InChI=1S/C21H22N2O3/c1-16-7-9-18(10-8-16)20(24)22-19(15-17-5-3-2-4-6-17)21(25)23-11-13-26-14-12-23/h2-10,15H,11-14H2,1H3,(H,22,24). The van der Waals surface area contributed by atoms with Crippen LogP contribution in [0.15, 0.2) is 60.3 Å². The highest BCUT2D eigenvalue weighted by atomic mass is 16.5. The van der Waals surface area contributed by atoms with Crippen molar-refractivity contribution >= 4 is 17.9 Å². The van der Waals surface area contributed by atoms with Gasteiger partial charge in [-0.15, -0.1) is 0 Å². The maximum absolute atomic E-state index is 12.9. The third-order valence-electron chi connectivity index (χ3n) is 4.20. The van der Waals surface area contributed by atoms with Crippen LogP contribution in [-0.4, -0.2) is 43.0 Å². The number of carbonyl (C=O) groups is 2. The van der Waals surface area contributed by atoms with Gasteiger partial charge in [0.25, 0.3) is 11.8 Å². The first kappa shape index (κ1) is 17.9. The quantitative estimate of drug-likeness (QED) is 0.863. The Bertz CT molecular complexity index is 792. The molecule has 26 heavy (non-hydrogen) atoms. The van der Waals surface area contributed by atoms with Gasteiger partial charge < -0.3 is 15.0 Å². The van der Waals surface area contributed by atoms with Crippen LogP contribution in [0.1, 0.15) is 21.5 Å². The minimum Gasteiger partial charge on any atom is -0.378 e. The Hall–Kier alpha value is -2.92. The molecule has 5 heteroatoms. The van der Waals surface area contributed by atoms with E-state index in [4.69, 9.17) is 4.74 Å². The molecule has 0 aliphatic carbocycles. The van der Waals surface area contributed by atoms with Gasteiger partial charge in [0.15, 0.2) is 0 Å². The molecule has 2 aromatic carbocycles. The highest BCUT2D eigenvalue weighted by molar-refractivity contribution is 6.05. The number of nitrogens with zero attached hydrogens (tertiary/aromatic N) is 1. The lowest BCUT2D eigenvalue weighted by molar-refractivity contribution is -0.131. The molecule has 3 rings (SSSR count). The van der Waals surface area contributed by atoms with Gasteiger partial charge in [-0.2, -0.15) is 0 Å². The molecule has 0 aromatic heterocycles. The van der Waals surface area contributed by atoms with E-state index in [2.05, 4.69) is 5.32 Å². The molecule has 0 atom stereocenters. The van der Waals surface area contributed by atoms with Gasteiger partial charge >= 0.3 is 0 Å². The van der Waals surface area contributed by atoms with Crippen molar-refractivity contribution in [3.05, 3.63) is 77.0 Å². The van der Waals surface area contributed by atoms with Crippen LogP contribution in [0, 0.1) is 6.92 Å². The molecule has 1 aliphatic rings. The fourth-order valence-electron chi connectivity index (χ4n) is 2.70. The summed E-state index contributed by atoms with van der Waals surface area (Å²) in [4.78, 5) is 27.2. The Morgan fingerprint density at radius 3 is 2.31 bits per heavy atom. The van der Waals surface area contributed by atoms with E-state index in [1.807, 2.05) is 49.4 Å². The Labute approximate surface area is 153 Å². The van der Waals surface area contributed by atoms with Gasteiger partial charge in [0.2, 0.25) is 0 Å². The van der Waals surface area contributed by atoms with Crippen LogP contribution in [0.5, 0.6) is 0 Å². The van der Waals surface area contributed by atoms with Gasteiger partial charge in [0, 0.05) is 18.7 Å². The van der Waals surface area contributed by atoms with Crippen LogP contribution < -0.4 is 5.32 Å². The highest BCUT2D eigenvalue weighted by Crippen LogP contribution is 2.11. The van der Waals surface area contributed by atoms with Gasteiger partial charge in [-0.05, 0) is 30.7 Å². The summed E-state index contributed by atoms with van der Waals surface area (Å²) >= 11 is 0. The molecule has 0 radical (unpaired) electrons. The zero-order valence-corrected chi connectivity index (χ0v) is 14.8. The molecule has 1 N–H and O–H groups in total. The third-order valence-corrected chi connectivity index (χ3v) is 4.20. The molecule has 1 saturated heterocycles. The predicted molar refractivity (Wildman–Crippen MR) is 100 cm³/mol. The Morgan fingerprint density at radius 2 is 1.65 bits per heavy atom. The van der Waals surface area contributed by atoms with E-state index < -0.39 is 0 Å². The van der Waals surface area contributed by atoms with Crippen LogP contribution in [-0.2, 0) is 9.53 Å². The van der Waals surface area contributed by atoms with Crippen molar-refractivity contribution in [2.45, 2.75) is 6.92 Å². The van der Waals surface area contributed by atoms with Gasteiger partial charge in [-0.25, -0.2) is 0 Å². The number of hydrogen-bond donors (Lipinski definition) is 1. The van der Waals surface area contributed by atoms with Crippen molar-refractivity contribution in [1.82, 2.24) is 10.2 Å². The Kier molecular flexibility index (Phi) is 5.81. The van der Waals surface area contributed by atoms with E-state index in [1.165, 1.54) is 0 Å². The maximum atomic E-state index is 12.9. The molecule has 134 valence electrons. The lowest BCUT2D eigenvalue weighted by Gasteiger charge is -2.27. The second kappa shape index (κ2) is 8.45. The van der Waals surface area contributed by atoms with E-state index in [-0.39, 0.29) is 17.5 Å². The largest absolute Gasteiger partial charge is 0.378 e. The van der Waals surface area contributed by atoms with E-state index in [0.717, 1.165) is 11.1 Å². The van der Waals surface area contributed by atoms with Gasteiger partial charge in [0.1, 0.15) is 5.70 Å². The Morgan fingerprint density at radius 1 is 1.00 bits per heavy atom. The third kappa shape index (κ3) is 4.58. The van der Waals surface area contributed by atoms with Crippen molar-refractivity contribution in [2.24, 2.45) is 0 Å².